The number of allylic oxidation sites excluding steroid dienone is 1. The normalized spacial score (nSPS) is 24.9. The van der Waals surface area contributed by atoms with Crippen molar-refractivity contribution in [1.29, 1.82) is 0 Å². The third-order valence-corrected chi connectivity index (χ3v) is 15.0. The van der Waals surface area contributed by atoms with Gasteiger partial charge >= 0.3 is 6.09 Å². The van der Waals surface area contributed by atoms with E-state index < -0.39 is 68.7 Å². The van der Waals surface area contributed by atoms with E-state index in [1.165, 1.54) is 4.90 Å². The van der Waals surface area contributed by atoms with Crippen LogP contribution in [0, 0.1) is 5.92 Å². The number of benzene rings is 3. The number of nitrogens with zero attached hydrogens (tertiary/aromatic N) is 2. The summed E-state index contributed by atoms with van der Waals surface area (Å²) in [6, 6.07) is 21.2. The van der Waals surface area contributed by atoms with Crippen LogP contribution < -0.4 is 30.1 Å². The highest BCUT2D eigenvalue weighted by Gasteiger charge is 2.62. The molecule has 5 atom stereocenters. The first-order valence-corrected chi connectivity index (χ1v) is 23.8. The minimum absolute atomic E-state index is 0.0194. The lowest BCUT2D eigenvalue weighted by atomic mass is 9.98. The van der Waals surface area contributed by atoms with E-state index in [0.29, 0.717) is 49.1 Å². The van der Waals surface area contributed by atoms with Crippen LogP contribution in [-0.4, -0.2) is 96.5 Å². The molecule has 17 heteroatoms. The summed E-state index contributed by atoms with van der Waals surface area (Å²) in [5.74, 6) is -1.54. The van der Waals surface area contributed by atoms with Crippen molar-refractivity contribution in [2.45, 2.75) is 92.7 Å². The topological polar surface area (TPSA) is 194 Å². The number of hydrogen-bond donors (Lipinski definition) is 4. The fraction of sp³-hybridized carbons (Fsp3) is 0.404. The van der Waals surface area contributed by atoms with Gasteiger partial charge in [0.15, 0.2) is 5.11 Å². The van der Waals surface area contributed by atoms with Gasteiger partial charge in [-0.15, -0.1) is 0 Å². The highest BCUT2D eigenvalue weighted by atomic mass is 32.2. The minimum atomic E-state index is -3.92. The molecule has 4 N–H and O–H groups in total. The number of ether oxygens (including phenoxy) is 3. The second kappa shape index (κ2) is 17.8. The van der Waals surface area contributed by atoms with E-state index in [0.717, 1.165) is 40.5 Å². The number of amides is 4. The van der Waals surface area contributed by atoms with Gasteiger partial charge in [0, 0.05) is 29.8 Å². The first kappa shape index (κ1) is 43.2. The molecule has 15 nitrogen and oxygen atoms in total. The van der Waals surface area contributed by atoms with Gasteiger partial charge in [-0.2, -0.15) is 0 Å². The molecule has 0 radical (unpaired) electrons. The molecule has 0 unspecified atom stereocenters. The number of thiocarbonyl (C=S) groups is 1. The Labute approximate surface area is 376 Å². The van der Waals surface area contributed by atoms with E-state index in [4.69, 9.17) is 26.4 Å². The fourth-order valence-corrected chi connectivity index (χ4v) is 10.9. The van der Waals surface area contributed by atoms with Crippen LogP contribution >= 0.6 is 12.2 Å². The molecule has 1 saturated heterocycles. The van der Waals surface area contributed by atoms with E-state index in [9.17, 15) is 27.6 Å². The van der Waals surface area contributed by atoms with E-state index in [-0.39, 0.29) is 37.0 Å². The second-order valence-electron chi connectivity index (χ2n) is 17.2. The van der Waals surface area contributed by atoms with Crippen molar-refractivity contribution >= 4 is 61.9 Å². The molecule has 334 valence electrons. The number of pyridine rings is 1. The average molecular weight is 907 g/mol. The van der Waals surface area contributed by atoms with Gasteiger partial charge in [0.25, 0.3) is 5.91 Å². The van der Waals surface area contributed by atoms with E-state index >= 15 is 0 Å². The summed E-state index contributed by atoms with van der Waals surface area (Å²) in [7, 11) is -2.34. The van der Waals surface area contributed by atoms with Crippen molar-refractivity contribution < 1.29 is 41.8 Å². The zero-order valence-corrected chi connectivity index (χ0v) is 36.9. The molecular formula is C47H50N6O9S2. The van der Waals surface area contributed by atoms with Crippen molar-refractivity contribution in [2.24, 2.45) is 5.92 Å². The molecule has 3 aromatic carbocycles. The van der Waals surface area contributed by atoms with Crippen molar-refractivity contribution in [3.8, 4) is 22.8 Å². The number of carbonyl (C=O) groups is 4. The number of aromatic nitrogens is 1. The molecule has 4 amide bonds. The van der Waals surface area contributed by atoms with Gasteiger partial charge in [0.2, 0.25) is 27.7 Å². The summed E-state index contributed by atoms with van der Waals surface area (Å²) in [6.07, 6.45) is 8.25. The Kier molecular flexibility index (Phi) is 12.0. The van der Waals surface area contributed by atoms with Crippen LogP contribution in [0.25, 0.3) is 21.9 Å². The molecule has 1 aromatic heterocycles. The molecule has 64 heavy (non-hydrogen) atoms. The van der Waals surface area contributed by atoms with Crippen LogP contribution in [0.1, 0.15) is 74.8 Å². The molecular weight excluding hydrogens is 857 g/mol. The van der Waals surface area contributed by atoms with Crippen molar-refractivity contribution in [3.63, 3.8) is 0 Å². The number of nitrogens with one attached hydrogen (secondary N) is 4. The van der Waals surface area contributed by atoms with Gasteiger partial charge in [-0.05, 0) is 103 Å². The van der Waals surface area contributed by atoms with Crippen molar-refractivity contribution in [2.75, 3.05) is 20.3 Å². The molecule has 0 bridgehead atoms. The summed E-state index contributed by atoms with van der Waals surface area (Å²) < 4.78 is 45.7. The van der Waals surface area contributed by atoms with Crippen LogP contribution in [0.5, 0.6) is 11.6 Å². The number of sulfonamides is 1. The number of methoxy groups -OCH3 is 1. The van der Waals surface area contributed by atoms with E-state index in [1.807, 2.05) is 66.7 Å². The van der Waals surface area contributed by atoms with Gasteiger partial charge in [-0.25, -0.2) is 18.2 Å². The third kappa shape index (κ3) is 8.87. The maximum absolute atomic E-state index is 14.8. The molecule has 0 spiro atoms. The van der Waals surface area contributed by atoms with Crippen LogP contribution in [-0.2, 0) is 29.1 Å². The Bertz CT molecular complexity index is 2610. The lowest BCUT2D eigenvalue weighted by Crippen LogP contribution is -2.58. The SMILES string of the molecule is COc1ccc2c(O[C@@H]3C[C@H]4C(=O)N[C@]5(C(=O)NS(=O)(=O)C6CC6)C[C@H]5/C=C\CCCCC[C@H](NC(=S)NC(=O)OCC5c6ccccc6-c6ccccc65)C(=O)N4C3)nccc2c1. The Morgan fingerprint density at radius 1 is 0.969 bits per heavy atom. The predicted octanol–water partition coefficient (Wildman–Crippen LogP) is 5.38. The lowest BCUT2D eigenvalue weighted by molar-refractivity contribution is -0.141. The Hall–Kier alpha value is -6.07. The largest absolute Gasteiger partial charge is 0.497 e. The summed E-state index contributed by atoms with van der Waals surface area (Å²) in [5, 5.41) is 9.30. The summed E-state index contributed by atoms with van der Waals surface area (Å²) in [4.78, 5) is 62.4. The van der Waals surface area contributed by atoms with Gasteiger partial charge < -0.3 is 29.7 Å². The van der Waals surface area contributed by atoms with Crippen LogP contribution in [0.2, 0.25) is 0 Å². The first-order chi connectivity index (χ1) is 30.9. The van der Waals surface area contributed by atoms with Gasteiger partial charge in [-0.1, -0.05) is 73.5 Å². The number of alkyl carbamates (subject to hydrolysis) is 1. The minimum Gasteiger partial charge on any atom is -0.497 e. The Balaban J connectivity index is 0.944. The lowest BCUT2D eigenvalue weighted by Gasteiger charge is -2.30. The summed E-state index contributed by atoms with van der Waals surface area (Å²) >= 11 is 5.61. The maximum Gasteiger partial charge on any atom is 0.413 e. The zero-order valence-electron chi connectivity index (χ0n) is 35.3. The molecule has 9 rings (SSSR count). The number of rotatable bonds is 9. The predicted molar refractivity (Wildman–Crippen MR) is 242 cm³/mol. The first-order valence-electron chi connectivity index (χ1n) is 21.8. The highest BCUT2D eigenvalue weighted by Crippen LogP contribution is 2.47. The molecule has 2 aliphatic heterocycles. The van der Waals surface area contributed by atoms with Crippen LogP contribution in [0.15, 0.2) is 91.1 Å². The summed E-state index contributed by atoms with van der Waals surface area (Å²) in [5.41, 5.74) is 2.78. The number of carbonyl (C=O) groups excluding carboxylic acids is 4. The monoisotopic (exact) mass is 906 g/mol. The Morgan fingerprint density at radius 2 is 1.72 bits per heavy atom. The molecule has 4 aromatic rings. The van der Waals surface area contributed by atoms with E-state index in [1.54, 1.807) is 19.4 Å². The Morgan fingerprint density at radius 3 is 2.45 bits per heavy atom. The van der Waals surface area contributed by atoms with Crippen LogP contribution in [0.4, 0.5) is 4.79 Å². The average Bonchev–Trinajstić information content (AvgIpc) is 4.20. The fourth-order valence-electron chi connectivity index (χ4n) is 9.28. The van der Waals surface area contributed by atoms with Crippen LogP contribution in [0.3, 0.4) is 0 Å². The maximum atomic E-state index is 14.8. The zero-order chi connectivity index (χ0) is 44.6. The number of hydrogen-bond acceptors (Lipinski definition) is 11. The third-order valence-electron chi connectivity index (χ3n) is 12.9. The van der Waals surface area contributed by atoms with Crippen molar-refractivity contribution in [3.05, 3.63) is 102 Å². The smallest absolute Gasteiger partial charge is 0.413 e. The van der Waals surface area contributed by atoms with Gasteiger partial charge in [0.1, 0.15) is 36.1 Å². The second-order valence-corrected chi connectivity index (χ2v) is 19.5. The van der Waals surface area contributed by atoms with Gasteiger partial charge in [0.05, 0.1) is 18.9 Å². The molecule has 3 heterocycles. The quantitative estimate of drug-likeness (QED) is 0.124. The van der Waals surface area contributed by atoms with Crippen molar-refractivity contribution in [1.82, 2.24) is 30.6 Å². The highest BCUT2D eigenvalue weighted by molar-refractivity contribution is 7.91. The molecule has 3 aliphatic carbocycles. The standard InChI is InChI=1S/C47H50N6O9S2/c1-60-30-17-20-33-28(23-30)21-22-48-42(33)62-31-24-40-41(54)51-47(44(56)52-64(58,59)32-18-19-32)25-29(47)11-5-3-2-4-6-16-39(43(55)53(40)26-31)49-45(63)50-46(57)61-27-38-36-14-9-7-12-34(36)35-13-8-10-15-37(35)38/h5,7-15,17,20-23,29,31-32,38-40H,2-4,6,16,18-19,24-27H2,1H3,(H,51,54)(H,52,56)(H2,49,50,57,63)/b11-5-/t29-,31-,39+,40+,47-/m1/s1. The number of fused-ring (bicyclic) bond motifs is 6. The molecule has 3 fully saturated rings. The van der Waals surface area contributed by atoms with E-state index in [2.05, 4.69) is 37.8 Å². The molecule has 5 aliphatic rings. The summed E-state index contributed by atoms with van der Waals surface area (Å²) in [6.45, 7) is 0.0473. The molecule has 2 saturated carbocycles. The van der Waals surface area contributed by atoms with Gasteiger partial charge in [-0.3, -0.25) is 24.4 Å².